The predicted molar refractivity (Wildman–Crippen MR) is 139 cm³/mol. The second-order valence-electron chi connectivity index (χ2n) is 9.47. The van der Waals surface area contributed by atoms with Crippen LogP contribution in [0, 0.1) is 19.4 Å². The van der Waals surface area contributed by atoms with Crippen LogP contribution in [0.5, 0.6) is 5.88 Å². The van der Waals surface area contributed by atoms with Gasteiger partial charge in [-0.1, -0.05) is 54.1 Å². The Balaban J connectivity index is 1.72. The lowest BCUT2D eigenvalue weighted by Gasteiger charge is -2.17. The van der Waals surface area contributed by atoms with Crippen molar-refractivity contribution in [1.29, 1.82) is 0 Å². The van der Waals surface area contributed by atoms with Crippen molar-refractivity contribution in [3.63, 3.8) is 0 Å². The Hall–Kier alpha value is -3.73. The number of aryl methyl sites for hydroxylation is 1. The second kappa shape index (κ2) is 9.87. The van der Waals surface area contributed by atoms with Crippen molar-refractivity contribution >= 4 is 11.3 Å². The summed E-state index contributed by atoms with van der Waals surface area (Å²) < 4.78 is 8.46. The van der Waals surface area contributed by atoms with E-state index in [2.05, 4.69) is 56.8 Å². The third-order valence-electron chi connectivity index (χ3n) is 6.32. The number of ether oxygens (including phenoxy) is 1. The van der Waals surface area contributed by atoms with Gasteiger partial charge in [0.15, 0.2) is 5.69 Å². The van der Waals surface area contributed by atoms with Gasteiger partial charge in [0.25, 0.3) is 5.88 Å². The molecule has 0 amide bonds. The summed E-state index contributed by atoms with van der Waals surface area (Å²) in [6, 6.07) is 16.1. The van der Waals surface area contributed by atoms with E-state index in [0.29, 0.717) is 24.1 Å². The Morgan fingerprint density at radius 1 is 1.09 bits per heavy atom. The van der Waals surface area contributed by atoms with Crippen LogP contribution in [-0.2, 0) is 6.54 Å². The van der Waals surface area contributed by atoms with Gasteiger partial charge < -0.3 is 15.0 Å². The number of nitrogens with zero attached hydrogens (tertiary/aromatic N) is 5. The van der Waals surface area contributed by atoms with E-state index in [1.165, 1.54) is 5.56 Å². The van der Waals surface area contributed by atoms with E-state index in [0.717, 1.165) is 59.9 Å². The van der Waals surface area contributed by atoms with Crippen molar-refractivity contribution in [3.05, 3.63) is 77.4 Å². The van der Waals surface area contributed by atoms with Gasteiger partial charge in [0.1, 0.15) is 0 Å². The summed E-state index contributed by atoms with van der Waals surface area (Å²) in [6.07, 6.45) is 3.19. The molecule has 1 saturated heterocycles. The number of aromatic nitrogens is 3. The summed E-state index contributed by atoms with van der Waals surface area (Å²) in [5.74, 6) is 1.01. The number of fused-ring (bicyclic) bond motifs is 1. The molecule has 0 unspecified atom stereocenters. The molecule has 1 aliphatic heterocycles. The molecular weight excluding hydrogens is 436 g/mol. The third kappa shape index (κ3) is 4.90. The lowest BCUT2D eigenvalue weighted by molar-refractivity contribution is 0.253. The molecule has 3 heterocycles. The minimum atomic E-state index is 0.464. The topological polar surface area (TPSA) is 59.0 Å². The molecule has 0 radical (unpaired) electrons. The fourth-order valence-electron chi connectivity index (χ4n) is 4.50. The molecule has 1 atom stereocenters. The molecule has 0 spiro atoms. The van der Waals surface area contributed by atoms with Crippen LogP contribution < -0.4 is 10.1 Å². The first-order valence-electron chi connectivity index (χ1n) is 12.0. The SMILES string of the molecule is [C-]#[N+]c1ccc(-c2nc(OC[C@@H]3CCNC3)c3nc(CN(C)C)cn3c2-c2ccc(C)cc2)cc1. The molecular formula is C28H30N6O. The molecule has 1 N–H and O–H groups in total. The Morgan fingerprint density at radius 2 is 1.83 bits per heavy atom. The number of hydrogen-bond acceptors (Lipinski definition) is 5. The lowest BCUT2D eigenvalue weighted by Crippen LogP contribution is -2.16. The molecule has 7 heteroatoms. The first kappa shape index (κ1) is 23.0. The first-order valence-corrected chi connectivity index (χ1v) is 12.0. The van der Waals surface area contributed by atoms with Gasteiger partial charge in [-0.2, -0.15) is 0 Å². The Labute approximate surface area is 206 Å². The number of imidazole rings is 1. The summed E-state index contributed by atoms with van der Waals surface area (Å²) in [6.45, 7) is 12.7. The number of hydrogen-bond donors (Lipinski definition) is 1. The Morgan fingerprint density at radius 3 is 2.49 bits per heavy atom. The zero-order valence-electron chi connectivity index (χ0n) is 20.5. The first-order chi connectivity index (χ1) is 17.0. The second-order valence-corrected chi connectivity index (χ2v) is 9.47. The van der Waals surface area contributed by atoms with Crippen molar-refractivity contribution in [3.8, 4) is 28.4 Å². The molecule has 1 aliphatic rings. The summed E-state index contributed by atoms with van der Waals surface area (Å²) in [4.78, 5) is 15.7. The van der Waals surface area contributed by atoms with Gasteiger partial charge >= 0.3 is 0 Å². The van der Waals surface area contributed by atoms with Crippen LogP contribution in [0.15, 0.2) is 54.7 Å². The third-order valence-corrected chi connectivity index (χ3v) is 6.32. The van der Waals surface area contributed by atoms with Crippen LogP contribution in [0.25, 0.3) is 33.0 Å². The zero-order valence-corrected chi connectivity index (χ0v) is 20.5. The van der Waals surface area contributed by atoms with Crippen molar-refractivity contribution in [2.45, 2.75) is 19.9 Å². The van der Waals surface area contributed by atoms with Crippen LogP contribution >= 0.6 is 0 Å². The maximum Gasteiger partial charge on any atom is 0.259 e. The summed E-state index contributed by atoms with van der Waals surface area (Å²) in [5, 5.41) is 3.40. The number of benzene rings is 2. The molecule has 2 aromatic carbocycles. The molecule has 35 heavy (non-hydrogen) atoms. The molecule has 7 nitrogen and oxygen atoms in total. The standard InChI is InChI=1S/C28H30N6O/c1-19-5-7-22(8-6-19)26-25(21-9-11-23(29-2)12-10-21)32-28(35-18-20-13-14-30-15-20)27-31-24(16-33(3)4)17-34(26)27/h5-12,17,20,30H,13-16,18H2,1,3-4H3/t20-/m1/s1. The Bertz CT molecular complexity index is 1360. The quantitative estimate of drug-likeness (QED) is 0.390. The van der Waals surface area contributed by atoms with Crippen LogP contribution in [0.3, 0.4) is 0 Å². The molecule has 1 fully saturated rings. The van der Waals surface area contributed by atoms with Crippen LogP contribution in [-0.4, -0.2) is 53.1 Å². The van der Waals surface area contributed by atoms with Gasteiger partial charge in [0, 0.05) is 30.8 Å². The molecule has 0 aliphatic carbocycles. The van der Waals surface area contributed by atoms with Crippen LogP contribution in [0.4, 0.5) is 5.69 Å². The van der Waals surface area contributed by atoms with E-state index in [4.69, 9.17) is 21.3 Å². The summed E-state index contributed by atoms with van der Waals surface area (Å²) in [7, 11) is 4.08. The number of rotatable bonds is 7. The van der Waals surface area contributed by atoms with E-state index in [9.17, 15) is 0 Å². The predicted octanol–water partition coefficient (Wildman–Crippen LogP) is 4.97. The fourth-order valence-corrected chi connectivity index (χ4v) is 4.50. The van der Waals surface area contributed by atoms with Gasteiger partial charge in [-0.3, -0.25) is 4.40 Å². The smallest absolute Gasteiger partial charge is 0.259 e. The molecule has 0 saturated carbocycles. The number of nitrogens with one attached hydrogen (secondary N) is 1. The van der Waals surface area contributed by atoms with E-state index in [-0.39, 0.29) is 0 Å². The van der Waals surface area contributed by atoms with Gasteiger partial charge in [0.05, 0.1) is 30.3 Å². The monoisotopic (exact) mass is 466 g/mol. The van der Waals surface area contributed by atoms with Gasteiger partial charge in [0.2, 0.25) is 5.65 Å². The summed E-state index contributed by atoms with van der Waals surface area (Å²) >= 11 is 0. The molecule has 0 bridgehead atoms. The van der Waals surface area contributed by atoms with E-state index >= 15 is 0 Å². The minimum absolute atomic E-state index is 0.464. The van der Waals surface area contributed by atoms with Crippen molar-refractivity contribution in [2.24, 2.45) is 5.92 Å². The highest BCUT2D eigenvalue weighted by Gasteiger charge is 2.22. The lowest BCUT2D eigenvalue weighted by atomic mass is 10.0. The van der Waals surface area contributed by atoms with E-state index < -0.39 is 0 Å². The van der Waals surface area contributed by atoms with Gasteiger partial charge in [-0.05, 0) is 39.5 Å². The fraction of sp³-hybridized carbons (Fsp3) is 0.321. The largest absolute Gasteiger partial charge is 0.475 e. The maximum absolute atomic E-state index is 7.32. The average Bonchev–Trinajstić information content (AvgIpc) is 3.52. The van der Waals surface area contributed by atoms with E-state index in [1.54, 1.807) is 0 Å². The van der Waals surface area contributed by atoms with Crippen molar-refractivity contribution in [2.75, 3.05) is 33.8 Å². The molecule has 178 valence electrons. The molecule has 2 aromatic heterocycles. The van der Waals surface area contributed by atoms with Gasteiger partial charge in [-0.25, -0.2) is 14.8 Å². The van der Waals surface area contributed by atoms with Crippen LogP contribution in [0.1, 0.15) is 17.7 Å². The zero-order chi connectivity index (χ0) is 24.4. The van der Waals surface area contributed by atoms with Gasteiger partial charge in [-0.15, -0.1) is 0 Å². The minimum Gasteiger partial charge on any atom is -0.475 e. The highest BCUT2D eigenvalue weighted by molar-refractivity contribution is 5.82. The van der Waals surface area contributed by atoms with Crippen LogP contribution in [0.2, 0.25) is 0 Å². The molecule has 5 rings (SSSR count). The highest BCUT2D eigenvalue weighted by Crippen LogP contribution is 2.36. The van der Waals surface area contributed by atoms with Crippen molar-refractivity contribution in [1.82, 2.24) is 24.6 Å². The Kier molecular flexibility index (Phi) is 6.49. The van der Waals surface area contributed by atoms with Crippen molar-refractivity contribution < 1.29 is 4.74 Å². The normalized spacial score (nSPS) is 15.6. The summed E-state index contributed by atoms with van der Waals surface area (Å²) in [5.41, 5.74) is 7.25. The van der Waals surface area contributed by atoms with E-state index in [1.807, 2.05) is 38.4 Å². The average molecular weight is 467 g/mol. The maximum atomic E-state index is 7.32. The highest BCUT2D eigenvalue weighted by atomic mass is 16.5. The molecule has 4 aromatic rings.